The zero-order chi connectivity index (χ0) is 22.1. The molecule has 0 N–H and O–H groups in total. The van der Waals surface area contributed by atoms with Gasteiger partial charge in [0.05, 0.1) is 18.3 Å². The van der Waals surface area contributed by atoms with Crippen LogP contribution in [0.4, 0.5) is 0 Å². The minimum atomic E-state index is -0.402. The van der Waals surface area contributed by atoms with Crippen LogP contribution in [-0.2, 0) is 4.74 Å². The molecule has 3 aromatic carbocycles. The number of para-hydroxylation sites is 2. The van der Waals surface area contributed by atoms with Gasteiger partial charge in [-0.2, -0.15) is 0 Å². The summed E-state index contributed by atoms with van der Waals surface area (Å²) in [7, 11) is 1.70. The summed E-state index contributed by atoms with van der Waals surface area (Å²) in [6.07, 6.45) is 3.28. The zero-order valence-corrected chi connectivity index (χ0v) is 18.5. The maximum Gasteiger partial charge on any atom is 0.343 e. The zero-order valence-electron chi connectivity index (χ0n) is 18.5. The van der Waals surface area contributed by atoms with E-state index in [0.717, 1.165) is 36.0 Å². The van der Waals surface area contributed by atoms with Crippen LogP contribution in [0.25, 0.3) is 11.1 Å². The van der Waals surface area contributed by atoms with E-state index < -0.39 is 5.97 Å². The van der Waals surface area contributed by atoms with E-state index in [4.69, 9.17) is 14.2 Å². The first-order chi connectivity index (χ1) is 15.1. The lowest BCUT2D eigenvalue weighted by Gasteiger charge is -2.12. The van der Waals surface area contributed by atoms with Crippen molar-refractivity contribution in [3.05, 3.63) is 83.9 Å². The summed E-state index contributed by atoms with van der Waals surface area (Å²) in [6.45, 7) is 4.78. The number of esters is 1. The van der Waals surface area contributed by atoms with E-state index in [1.807, 2.05) is 37.3 Å². The van der Waals surface area contributed by atoms with Crippen LogP contribution in [0.5, 0.6) is 11.5 Å². The number of methoxy groups -OCH3 is 1. The molecular weight excluding hydrogens is 388 g/mol. The van der Waals surface area contributed by atoms with Gasteiger partial charge in [0.1, 0.15) is 0 Å². The number of rotatable bonds is 10. The van der Waals surface area contributed by atoms with Crippen molar-refractivity contribution >= 4 is 5.97 Å². The summed E-state index contributed by atoms with van der Waals surface area (Å²) in [4.78, 5) is 12.7. The maximum atomic E-state index is 12.7. The lowest BCUT2D eigenvalue weighted by molar-refractivity contribution is 0.0728. The molecule has 0 aliphatic rings. The molecule has 0 radical (unpaired) electrons. The summed E-state index contributed by atoms with van der Waals surface area (Å²) in [5.41, 5.74) is 3.74. The molecule has 4 heteroatoms. The highest BCUT2D eigenvalue weighted by molar-refractivity contribution is 5.92. The Morgan fingerprint density at radius 1 is 0.839 bits per heavy atom. The first kappa shape index (κ1) is 22.6. The quantitative estimate of drug-likeness (QED) is 0.205. The Morgan fingerprint density at radius 3 is 2.06 bits per heavy atom. The molecular formula is C27H30O4. The molecule has 1 unspecified atom stereocenters. The van der Waals surface area contributed by atoms with Crippen LogP contribution >= 0.6 is 0 Å². The van der Waals surface area contributed by atoms with Gasteiger partial charge < -0.3 is 14.2 Å². The van der Waals surface area contributed by atoms with Crippen molar-refractivity contribution in [1.29, 1.82) is 0 Å². The Labute approximate surface area is 184 Å². The molecule has 0 aliphatic heterocycles. The molecule has 0 heterocycles. The van der Waals surface area contributed by atoms with E-state index in [-0.39, 0.29) is 6.10 Å². The molecule has 0 fully saturated rings. The maximum absolute atomic E-state index is 12.7. The normalized spacial score (nSPS) is 11.7. The van der Waals surface area contributed by atoms with Gasteiger partial charge in [-0.25, -0.2) is 4.79 Å². The molecule has 0 saturated heterocycles. The summed E-state index contributed by atoms with van der Waals surface area (Å²) in [5, 5.41) is 0. The molecule has 0 aromatic heterocycles. The van der Waals surface area contributed by atoms with Crippen molar-refractivity contribution in [2.75, 3.05) is 13.7 Å². The second-order valence-corrected chi connectivity index (χ2v) is 7.47. The summed E-state index contributed by atoms with van der Waals surface area (Å²) in [6, 6.07) is 23.0. The van der Waals surface area contributed by atoms with Crippen molar-refractivity contribution in [3.63, 3.8) is 0 Å². The number of hydrogen-bond donors (Lipinski definition) is 0. The van der Waals surface area contributed by atoms with Gasteiger partial charge in [-0.1, -0.05) is 68.3 Å². The van der Waals surface area contributed by atoms with Crippen LogP contribution in [-0.4, -0.2) is 19.7 Å². The number of hydrogen-bond acceptors (Lipinski definition) is 4. The average Bonchev–Trinajstić information content (AvgIpc) is 2.82. The van der Waals surface area contributed by atoms with Crippen molar-refractivity contribution in [1.82, 2.24) is 0 Å². The third-order valence-corrected chi connectivity index (χ3v) is 5.24. The van der Waals surface area contributed by atoms with Gasteiger partial charge in [-0.3, -0.25) is 0 Å². The lowest BCUT2D eigenvalue weighted by atomic mass is 10.0. The van der Waals surface area contributed by atoms with Crippen molar-refractivity contribution in [3.8, 4) is 22.6 Å². The molecule has 0 aliphatic carbocycles. The lowest BCUT2D eigenvalue weighted by Crippen LogP contribution is -2.09. The van der Waals surface area contributed by atoms with Crippen LogP contribution in [0.1, 0.15) is 55.1 Å². The second kappa shape index (κ2) is 11.3. The number of ether oxygens (including phenoxy) is 3. The predicted molar refractivity (Wildman–Crippen MR) is 124 cm³/mol. The summed E-state index contributed by atoms with van der Waals surface area (Å²) >= 11 is 0. The van der Waals surface area contributed by atoms with Crippen molar-refractivity contribution in [2.45, 2.75) is 39.2 Å². The van der Waals surface area contributed by atoms with E-state index >= 15 is 0 Å². The summed E-state index contributed by atoms with van der Waals surface area (Å²) < 4.78 is 16.8. The fourth-order valence-electron chi connectivity index (χ4n) is 3.23. The molecule has 3 aromatic rings. The van der Waals surface area contributed by atoms with Crippen LogP contribution in [0, 0.1) is 0 Å². The number of carbonyl (C=O) groups excluding carboxylic acids is 1. The molecule has 0 saturated carbocycles. The minimum Gasteiger partial charge on any atom is -0.490 e. The van der Waals surface area contributed by atoms with Gasteiger partial charge in [0.25, 0.3) is 0 Å². The van der Waals surface area contributed by atoms with Gasteiger partial charge in [0.2, 0.25) is 0 Å². The minimum absolute atomic E-state index is 0.0599. The SMILES string of the molecule is CCCCCOc1ccccc1OC(=O)c1ccc(-c2ccc(C(C)OC)cc2)cc1. The Morgan fingerprint density at radius 2 is 1.45 bits per heavy atom. The first-order valence-electron chi connectivity index (χ1n) is 10.8. The van der Waals surface area contributed by atoms with Gasteiger partial charge in [-0.15, -0.1) is 0 Å². The molecule has 4 nitrogen and oxygen atoms in total. The molecule has 0 spiro atoms. The molecule has 0 amide bonds. The third kappa shape index (κ3) is 6.19. The van der Waals surface area contributed by atoms with E-state index in [9.17, 15) is 4.79 Å². The smallest absolute Gasteiger partial charge is 0.343 e. The van der Waals surface area contributed by atoms with Gasteiger partial charge in [0, 0.05) is 7.11 Å². The molecule has 1 atom stereocenters. The number of benzene rings is 3. The molecule has 31 heavy (non-hydrogen) atoms. The van der Waals surface area contributed by atoms with E-state index in [1.54, 1.807) is 25.3 Å². The topological polar surface area (TPSA) is 44.8 Å². The highest BCUT2D eigenvalue weighted by atomic mass is 16.6. The summed E-state index contributed by atoms with van der Waals surface area (Å²) in [5.74, 6) is 0.630. The van der Waals surface area contributed by atoms with E-state index in [0.29, 0.717) is 23.7 Å². The highest BCUT2D eigenvalue weighted by Gasteiger charge is 2.13. The van der Waals surface area contributed by atoms with Gasteiger partial charge in [-0.05, 0) is 54.3 Å². The third-order valence-electron chi connectivity index (χ3n) is 5.24. The molecule has 3 rings (SSSR count). The Bertz CT molecular complexity index is 961. The Kier molecular flexibility index (Phi) is 8.25. The van der Waals surface area contributed by atoms with Crippen molar-refractivity contribution in [2.24, 2.45) is 0 Å². The van der Waals surface area contributed by atoms with Crippen LogP contribution < -0.4 is 9.47 Å². The number of unbranched alkanes of at least 4 members (excludes halogenated alkanes) is 2. The van der Waals surface area contributed by atoms with Crippen LogP contribution in [0.3, 0.4) is 0 Å². The fourth-order valence-corrected chi connectivity index (χ4v) is 3.23. The number of carbonyl (C=O) groups is 1. The van der Waals surface area contributed by atoms with Gasteiger partial charge >= 0.3 is 5.97 Å². The van der Waals surface area contributed by atoms with Crippen molar-refractivity contribution < 1.29 is 19.0 Å². The second-order valence-electron chi connectivity index (χ2n) is 7.47. The largest absolute Gasteiger partial charge is 0.490 e. The Hall–Kier alpha value is -3.11. The van der Waals surface area contributed by atoms with Crippen LogP contribution in [0.15, 0.2) is 72.8 Å². The van der Waals surface area contributed by atoms with Gasteiger partial charge in [0.15, 0.2) is 11.5 Å². The highest BCUT2D eigenvalue weighted by Crippen LogP contribution is 2.28. The Balaban J connectivity index is 1.66. The molecule has 162 valence electrons. The molecule has 0 bridgehead atoms. The standard InChI is InChI=1S/C27H30O4/c1-4-5-8-19-30-25-9-6-7-10-26(25)31-27(28)24-17-15-23(16-18-24)22-13-11-21(12-14-22)20(2)29-3/h6-7,9-18,20H,4-5,8,19H2,1-3H3. The average molecular weight is 419 g/mol. The predicted octanol–water partition coefficient (Wildman–Crippen LogP) is 6.85. The fraction of sp³-hybridized carbons (Fsp3) is 0.296. The van der Waals surface area contributed by atoms with E-state index in [2.05, 4.69) is 31.2 Å². The van der Waals surface area contributed by atoms with Crippen LogP contribution in [0.2, 0.25) is 0 Å². The van der Waals surface area contributed by atoms with E-state index in [1.165, 1.54) is 0 Å². The first-order valence-corrected chi connectivity index (χ1v) is 10.8. The monoisotopic (exact) mass is 418 g/mol.